The van der Waals surface area contributed by atoms with Gasteiger partial charge in [-0.25, -0.2) is 9.97 Å². The number of rotatable bonds is 3. The fourth-order valence-corrected chi connectivity index (χ4v) is 1.74. The molecule has 0 aromatic carbocycles. The molecule has 1 aromatic rings. The Labute approximate surface area is 95.5 Å². The van der Waals surface area contributed by atoms with E-state index >= 15 is 0 Å². The van der Waals surface area contributed by atoms with Crippen molar-refractivity contribution in [3.63, 3.8) is 0 Å². The molecule has 74 valence electrons. The van der Waals surface area contributed by atoms with Gasteiger partial charge in [-0.05, 0) is 18.4 Å². The second-order valence-corrected chi connectivity index (χ2v) is 3.69. The highest BCUT2D eigenvalue weighted by atomic mass is 35.5. The smallest absolute Gasteiger partial charge is 0.190 e. The number of halogens is 2. The number of carbonyl (C=O) groups is 1. The lowest BCUT2D eigenvalue weighted by Crippen LogP contribution is -1.91. The highest BCUT2D eigenvalue weighted by molar-refractivity contribution is 7.98. The minimum absolute atomic E-state index is 0.243. The molecule has 0 unspecified atom stereocenters. The summed E-state index contributed by atoms with van der Waals surface area (Å²) in [6.45, 7) is 0. The lowest BCUT2D eigenvalue weighted by Gasteiger charge is -2.01. The van der Waals surface area contributed by atoms with E-state index in [-0.39, 0.29) is 10.3 Å². The van der Waals surface area contributed by atoms with Crippen molar-refractivity contribution in [2.75, 3.05) is 6.26 Å². The molecular formula is C8H6Cl2N2OS. The van der Waals surface area contributed by atoms with Gasteiger partial charge in [-0.3, -0.25) is 4.79 Å². The molecule has 0 aliphatic heterocycles. The van der Waals surface area contributed by atoms with Crippen molar-refractivity contribution in [2.45, 2.75) is 5.16 Å². The van der Waals surface area contributed by atoms with E-state index in [1.54, 1.807) is 0 Å². The summed E-state index contributed by atoms with van der Waals surface area (Å²) < 4.78 is 0. The van der Waals surface area contributed by atoms with E-state index in [2.05, 4.69) is 9.97 Å². The maximum absolute atomic E-state index is 10.1. The molecule has 0 fully saturated rings. The Morgan fingerprint density at radius 3 is 2.29 bits per heavy atom. The van der Waals surface area contributed by atoms with E-state index in [1.165, 1.54) is 23.9 Å². The van der Waals surface area contributed by atoms with Crippen LogP contribution in [0.4, 0.5) is 0 Å². The van der Waals surface area contributed by atoms with Crippen molar-refractivity contribution >= 4 is 47.3 Å². The van der Waals surface area contributed by atoms with Gasteiger partial charge in [-0.1, -0.05) is 35.0 Å². The predicted octanol–water partition coefficient (Wildman–Crippen LogP) is 2.72. The summed E-state index contributed by atoms with van der Waals surface area (Å²) in [7, 11) is 0. The Kier molecular flexibility index (Phi) is 4.38. The van der Waals surface area contributed by atoms with E-state index in [1.807, 2.05) is 6.26 Å². The van der Waals surface area contributed by atoms with Crippen LogP contribution in [0.15, 0.2) is 11.2 Å². The van der Waals surface area contributed by atoms with Gasteiger partial charge in [0.15, 0.2) is 5.16 Å². The SMILES string of the molecule is CSc1nc(Cl)c(C=CC=O)c(Cl)n1. The molecule has 0 spiro atoms. The van der Waals surface area contributed by atoms with Gasteiger partial charge in [0, 0.05) is 5.56 Å². The molecule has 14 heavy (non-hydrogen) atoms. The fraction of sp³-hybridized carbons (Fsp3) is 0.125. The summed E-state index contributed by atoms with van der Waals surface area (Å²) in [6, 6.07) is 0. The highest BCUT2D eigenvalue weighted by Gasteiger charge is 2.07. The molecule has 0 N–H and O–H groups in total. The zero-order valence-electron chi connectivity index (χ0n) is 7.20. The van der Waals surface area contributed by atoms with Crippen molar-refractivity contribution in [3.8, 4) is 0 Å². The van der Waals surface area contributed by atoms with Crippen LogP contribution < -0.4 is 0 Å². The van der Waals surface area contributed by atoms with Crippen molar-refractivity contribution in [2.24, 2.45) is 0 Å². The van der Waals surface area contributed by atoms with Crippen LogP contribution in [0.3, 0.4) is 0 Å². The molecule has 0 bridgehead atoms. The maximum Gasteiger partial charge on any atom is 0.190 e. The third-order valence-electron chi connectivity index (χ3n) is 1.36. The molecule has 1 rings (SSSR count). The van der Waals surface area contributed by atoms with Crippen molar-refractivity contribution in [1.29, 1.82) is 0 Å². The number of hydrogen-bond donors (Lipinski definition) is 0. The third kappa shape index (κ3) is 2.70. The number of aromatic nitrogens is 2. The summed E-state index contributed by atoms with van der Waals surface area (Å²) in [5, 5.41) is 0.989. The van der Waals surface area contributed by atoms with Crippen molar-refractivity contribution in [1.82, 2.24) is 9.97 Å². The van der Waals surface area contributed by atoms with Crippen LogP contribution in [0.5, 0.6) is 0 Å². The Morgan fingerprint density at radius 1 is 1.29 bits per heavy atom. The van der Waals surface area contributed by atoms with E-state index in [9.17, 15) is 4.79 Å². The van der Waals surface area contributed by atoms with E-state index in [0.717, 1.165) is 0 Å². The van der Waals surface area contributed by atoms with Crippen molar-refractivity contribution in [3.05, 3.63) is 21.9 Å². The monoisotopic (exact) mass is 248 g/mol. The molecule has 0 amide bonds. The van der Waals surface area contributed by atoms with Crippen LogP contribution in [-0.4, -0.2) is 22.5 Å². The minimum Gasteiger partial charge on any atom is -0.299 e. The van der Waals surface area contributed by atoms with Gasteiger partial charge in [-0.15, -0.1) is 0 Å². The Hall–Kier alpha value is -0.580. The standard InChI is InChI=1S/C8H6Cl2N2OS/c1-14-8-11-6(9)5(3-2-4-13)7(10)12-8/h2-4H,1H3. The van der Waals surface area contributed by atoms with Crippen LogP contribution >= 0.6 is 35.0 Å². The van der Waals surface area contributed by atoms with Gasteiger partial charge in [0.25, 0.3) is 0 Å². The molecule has 1 heterocycles. The summed E-state index contributed by atoms with van der Waals surface area (Å²) in [4.78, 5) is 18.0. The van der Waals surface area contributed by atoms with Crippen molar-refractivity contribution < 1.29 is 4.79 Å². The number of allylic oxidation sites excluding steroid dienone is 1. The first-order valence-corrected chi connectivity index (χ1v) is 5.56. The number of aldehydes is 1. The maximum atomic E-state index is 10.1. The first kappa shape index (κ1) is 11.5. The van der Waals surface area contributed by atoms with E-state index in [4.69, 9.17) is 23.2 Å². The fourth-order valence-electron chi connectivity index (χ4n) is 0.763. The molecule has 3 nitrogen and oxygen atoms in total. The second-order valence-electron chi connectivity index (χ2n) is 2.20. The van der Waals surface area contributed by atoms with Crippen LogP contribution in [0.25, 0.3) is 6.08 Å². The molecule has 0 aliphatic rings. The first-order chi connectivity index (χ1) is 6.69. The molecule has 0 radical (unpaired) electrons. The quantitative estimate of drug-likeness (QED) is 0.271. The van der Waals surface area contributed by atoms with Gasteiger partial charge in [0.1, 0.15) is 16.6 Å². The first-order valence-electron chi connectivity index (χ1n) is 3.58. The summed E-state index contributed by atoms with van der Waals surface area (Å²) in [6.07, 6.45) is 5.22. The minimum atomic E-state index is 0.243. The van der Waals surface area contributed by atoms with Gasteiger partial charge in [0.2, 0.25) is 0 Å². The Balaban J connectivity index is 3.17. The van der Waals surface area contributed by atoms with Crippen LogP contribution in [0, 0.1) is 0 Å². The number of nitrogens with zero attached hydrogens (tertiary/aromatic N) is 2. The predicted molar refractivity (Wildman–Crippen MR) is 58.9 cm³/mol. The zero-order valence-corrected chi connectivity index (χ0v) is 9.53. The van der Waals surface area contributed by atoms with E-state index < -0.39 is 0 Å². The highest BCUT2D eigenvalue weighted by Crippen LogP contribution is 2.25. The van der Waals surface area contributed by atoms with Gasteiger partial charge in [-0.2, -0.15) is 0 Å². The number of hydrogen-bond acceptors (Lipinski definition) is 4. The zero-order chi connectivity index (χ0) is 10.6. The number of thioether (sulfide) groups is 1. The topological polar surface area (TPSA) is 42.9 Å². The summed E-state index contributed by atoms with van der Waals surface area (Å²) in [5.41, 5.74) is 0.457. The van der Waals surface area contributed by atoms with E-state index in [0.29, 0.717) is 17.0 Å². The lowest BCUT2D eigenvalue weighted by atomic mass is 10.3. The average Bonchev–Trinajstić information content (AvgIpc) is 2.16. The van der Waals surface area contributed by atoms with Gasteiger partial charge in [0.05, 0.1) is 0 Å². The summed E-state index contributed by atoms with van der Waals surface area (Å²) in [5.74, 6) is 0. The molecule has 6 heteroatoms. The summed E-state index contributed by atoms with van der Waals surface area (Å²) >= 11 is 13.0. The molecule has 0 saturated carbocycles. The normalized spacial score (nSPS) is 10.8. The van der Waals surface area contributed by atoms with Crippen LogP contribution in [0.2, 0.25) is 10.3 Å². The average molecular weight is 249 g/mol. The van der Waals surface area contributed by atoms with Crippen LogP contribution in [-0.2, 0) is 4.79 Å². The molecule has 0 atom stereocenters. The molecule has 1 aromatic heterocycles. The van der Waals surface area contributed by atoms with Gasteiger partial charge < -0.3 is 0 Å². The Morgan fingerprint density at radius 2 is 1.86 bits per heavy atom. The molecule has 0 saturated heterocycles. The lowest BCUT2D eigenvalue weighted by molar-refractivity contribution is -0.104. The molecular weight excluding hydrogens is 243 g/mol. The number of carbonyl (C=O) groups excluding carboxylic acids is 1. The second kappa shape index (κ2) is 5.34. The largest absolute Gasteiger partial charge is 0.299 e. The van der Waals surface area contributed by atoms with Crippen LogP contribution in [0.1, 0.15) is 5.56 Å². The third-order valence-corrected chi connectivity index (χ3v) is 2.48. The van der Waals surface area contributed by atoms with Gasteiger partial charge >= 0.3 is 0 Å². The Bertz CT molecular complexity index is 359. The molecule has 0 aliphatic carbocycles.